The summed E-state index contributed by atoms with van der Waals surface area (Å²) in [4.78, 5) is 10.4. The molecule has 0 spiro atoms. The molecule has 32 heavy (non-hydrogen) atoms. The van der Waals surface area contributed by atoms with Gasteiger partial charge in [0.05, 0.1) is 24.6 Å². The van der Waals surface area contributed by atoms with Crippen LogP contribution in [0.25, 0.3) is 10.9 Å². The van der Waals surface area contributed by atoms with Gasteiger partial charge in [-0.3, -0.25) is 9.97 Å². The van der Waals surface area contributed by atoms with Crippen molar-refractivity contribution in [3.05, 3.63) is 78.8 Å². The zero-order chi connectivity index (χ0) is 22.7. The minimum absolute atomic E-state index is 0.256. The Morgan fingerprint density at radius 2 is 1.94 bits per heavy atom. The predicted octanol–water partition coefficient (Wildman–Crippen LogP) is 4.50. The summed E-state index contributed by atoms with van der Waals surface area (Å²) in [6.07, 6.45) is 10.3. The normalized spacial score (nSPS) is 27.9. The maximum absolute atomic E-state index is 5.50. The van der Waals surface area contributed by atoms with Gasteiger partial charge in [0.25, 0.3) is 0 Å². The van der Waals surface area contributed by atoms with Crippen LogP contribution in [0.15, 0.2) is 67.6 Å². The number of nitrogens with one attached hydrogen (secondary N) is 1. The van der Waals surface area contributed by atoms with Crippen molar-refractivity contribution >= 4 is 10.9 Å². The van der Waals surface area contributed by atoms with E-state index in [0.717, 1.165) is 36.1 Å². The molecule has 1 aromatic carbocycles. The number of rotatable bonds is 7. The molecule has 1 N–H and O–H groups in total. The Labute approximate surface area is 192 Å². The third kappa shape index (κ3) is 3.71. The molecular formula is C28H36N3O+. The molecule has 3 aromatic rings. The van der Waals surface area contributed by atoms with Gasteiger partial charge < -0.3 is 9.64 Å². The molecule has 4 nitrogen and oxygen atoms in total. The van der Waals surface area contributed by atoms with Crippen LogP contribution >= 0.6 is 0 Å². The molecule has 5 atom stereocenters. The molecule has 168 valence electrons. The number of quaternary nitrogens is 1. The van der Waals surface area contributed by atoms with Crippen molar-refractivity contribution in [3.8, 4) is 5.75 Å². The summed E-state index contributed by atoms with van der Waals surface area (Å²) in [6.45, 7) is 12.9. The van der Waals surface area contributed by atoms with Crippen LogP contribution in [0.4, 0.5) is 0 Å². The van der Waals surface area contributed by atoms with Crippen molar-refractivity contribution in [1.82, 2.24) is 9.97 Å². The SMILES string of the molecule is C=CC12C(CC)C1C[NH+](Cc1ccncc1)C2Cc1ccnc2ccc(OC)cc12.CC. The Hall–Kier alpha value is -2.72. The Morgan fingerprint density at radius 1 is 1.16 bits per heavy atom. The maximum Gasteiger partial charge on any atom is 0.119 e. The zero-order valence-corrected chi connectivity index (χ0v) is 19.8. The number of nitrogens with zero attached hydrogens (tertiary/aromatic N) is 2. The van der Waals surface area contributed by atoms with Crippen LogP contribution in [0.5, 0.6) is 5.75 Å². The van der Waals surface area contributed by atoms with Crippen molar-refractivity contribution in [2.75, 3.05) is 13.7 Å². The highest BCUT2D eigenvalue weighted by Crippen LogP contribution is 2.65. The second kappa shape index (κ2) is 9.41. The summed E-state index contributed by atoms with van der Waals surface area (Å²) in [5.41, 5.74) is 4.01. The maximum atomic E-state index is 5.50. The first kappa shape index (κ1) is 22.5. The number of benzene rings is 1. The van der Waals surface area contributed by atoms with Gasteiger partial charge >= 0.3 is 0 Å². The number of aromatic nitrogens is 2. The second-order valence-corrected chi connectivity index (χ2v) is 8.83. The molecule has 1 saturated heterocycles. The molecule has 2 fully saturated rings. The van der Waals surface area contributed by atoms with Crippen LogP contribution in [0.2, 0.25) is 0 Å². The zero-order valence-electron chi connectivity index (χ0n) is 19.8. The summed E-state index contributed by atoms with van der Waals surface area (Å²) in [7, 11) is 1.72. The lowest BCUT2D eigenvalue weighted by molar-refractivity contribution is -0.933. The summed E-state index contributed by atoms with van der Waals surface area (Å²) in [5.74, 6) is 2.41. The fraction of sp³-hybridized carbons (Fsp3) is 0.429. The average molecular weight is 431 g/mol. The van der Waals surface area contributed by atoms with E-state index in [0.29, 0.717) is 6.04 Å². The van der Waals surface area contributed by atoms with Crippen molar-refractivity contribution in [1.29, 1.82) is 0 Å². The van der Waals surface area contributed by atoms with E-state index >= 15 is 0 Å². The fourth-order valence-corrected chi connectivity index (χ4v) is 6.27. The van der Waals surface area contributed by atoms with E-state index in [-0.39, 0.29) is 5.41 Å². The monoisotopic (exact) mass is 430 g/mol. The molecule has 5 unspecified atom stereocenters. The van der Waals surface area contributed by atoms with E-state index in [9.17, 15) is 0 Å². The number of methoxy groups -OCH3 is 1. The van der Waals surface area contributed by atoms with E-state index in [1.54, 1.807) is 12.0 Å². The van der Waals surface area contributed by atoms with E-state index in [4.69, 9.17) is 4.74 Å². The Bertz CT molecular complexity index is 1070. The first-order valence-electron chi connectivity index (χ1n) is 12.0. The van der Waals surface area contributed by atoms with Crippen LogP contribution in [0.1, 0.15) is 38.3 Å². The van der Waals surface area contributed by atoms with Crippen molar-refractivity contribution < 1.29 is 9.64 Å². The Balaban J connectivity index is 0.00000119. The summed E-state index contributed by atoms with van der Waals surface area (Å²) >= 11 is 0. The molecule has 1 saturated carbocycles. The molecule has 4 heteroatoms. The topological polar surface area (TPSA) is 39.5 Å². The molecule has 3 heterocycles. The van der Waals surface area contributed by atoms with Crippen molar-refractivity contribution in [2.24, 2.45) is 17.3 Å². The summed E-state index contributed by atoms with van der Waals surface area (Å²) in [5, 5.41) is 1.21. The van der Waals surface area contributed by atoms with Crippen LogP contribution < -0.4 is 9.64 Å². The third-order valence-corrected chi connectivity index (χ3v) is 7.68. The predicted molar refractivity (Wildman–Crippen MR) is 131 cm³/mol. The first-order valence-corrected chi connectivity index (χ1v) is 12.0. The number of hydrogen-bond donors (Lipinski definition) is 1. The molecule has 0 radical (unpaired) electrons. The van der Waals surface area contributed by atoms with Crippen LogP contribution in [0.3, 0.4) is 0 Å². The van der Waals surface area contributed by atoms with E-state index in [1.165, 1.54) is 29.5 Å². The summed E-state index contributed by atoms with van der Waals surface area (Å²) in [6, 6.07) is 13.2. The van der Waals surface area contributed by atoms with Crippen LogP contribution in [-0.4, -0.2) is 29.7 Å². The molecule has 1 aliphatic carbocycles. The van der Waals surface area contributed by atoms with Gasteiger partial charge in [0, 0.05) is 41.9 Å². The van der Waals surface area contributed by atoms with Crippen LogP contribution in [-0.2, 0) is 13.0 Å². The minimum Gasteiger partial charge on any atom is -0.497 e. The number of pyridine rings is 2. The van der Waals surface area contributed by atoms with Gasteiger partial charge in [-0.05, 0) is 47.9 Å². The van der Waals surface area contributed by atoms with Crippen molar-refractivity contribution in [2.45, 2.75) is 46.2 Å². The quantitative estimate of drug-likeness (QED) is 0.561. The number of piperidine rings is 1. The molecule has 0 amide bonds. The standard InChI is InChI=1S/C26H29N3O.C2H6/c1-4-22-23-17-29(16-18-8-11-27-12-9-18)25(26(22,23)5-2)14-19-10-13-28-24-7-6-20(30-3)15-21(19)24;1-2/h5-13,15,22-23,25H,2,4,14,16-17H2,1,3H3;1-2H3/p+1. The van der Waals surface area contributed by atoms with Gasteiger partial charge in [0.15, 0.2) is 0 Å². The van der Waals surface area contributed by atoms with E-state index in [2.05, 4.69) is 59.9 Å². The lowest BCUT2D eigenvalue weighted by atomic mass is 9.86. The van der Waals surface area contributed by atoms with Gasteiger partial charge in [-0.2, -0.15) is 0 Å². The highest BCUT2D eigenvalue weighted by atomic mass is 16.5. The minimum atomic E-state index is 0.256. The lowest BCUT2D eigenvalue weighted by Gasteiger charge is -2.30. The van der Waals surface area contributed by atoms with Gasteiger partial charge in [0.1, 0.15) is 18.3 Å². The third-order valence-electron chi connectivity index (χ3n) is 7.68. The molecule has 2 aliphatic rings. The Morgan fingerprint density at radius 3 is 2.62 bits per heavy atom. The molecule has 0 bridgehead atoms. The summed E-state index contributed by atoms with van der Waals surface area (Å²) < 4.78 is 5.50. The van der Waals surface area contributed by atoms with Gasteiger partial charge in [0.2, 0.25) is 0 Å². The Kier molecular flexibility index (Phi) is 6.61. The average Bonchev–Trinajstić information content (AvgIpc) is 3.39. The van der Waals surface area contributed by atoms with Gasteiger partial charge in [-0.1, -0.05) is 33.3 Å². The van der Waals surface area contributed by atoms with E-state index < -0.39 is 0 Å². The smallest absolute Gasteiger partial charge is 0.119 e. The van der Waals surface area contributed by atoms with Gasteiger partial charge in [-0.25, -0.2) is 0 Å². The van der Waals surface area contributed by atoms with E-state index in [1.807, 2.05) is 38.5 Å². The largest absolute Gasteiger partial charge is 0.497 e. The van der Waals surface area contributed by atoms with Crippen molar-refractivity contribution in [3.63, 3.8) is 0 Å². The molecule has 5 rings (SSSR count). The van der Waals surface area contributed by atoms with Crippen LogP contribution in [0, 0.1) is 17.3 Å². The number of ether oxygens (including phenoxy) is 1. The highest BCUT2D eigenvalue weighted by molar-refractivity contribution is 5.83. The molecule has 2 aromatic heterocycles. The highest BCUT2D eigenvalue weighted by Gasteiger charge is 2.73. The number of fused-ring (bicyclic) bond motifs is 2. The first-order chi connectivity index (χ1) is 15.7. The lowest BCUT2D eigenvalue weighted by Crippen LogP contribution is -3.14. The molecule has 1 aliphatic heterocycles. The molecular weight excluding hydrogens is 394 g/mol. The fourth-order valence-electron chi connectivity index (χ4n) is 6.27. The number of hydrogen-bond acceptors (Lipinski definition) is 3. The second-order valence-electron chi connectivity index (χ2n) is 8.83. The number of likely N-dealkylation sites (tertiary alicyclic amines) is 1. The van der Waals surface area contributed by atoms with Gasteiger partial charge in [-0.15, -0.1) is 6.58 Å².